The highest BCUT2D eigenvalue weighted by atomic mass is 15.0. The molecule has 0 amide bonds. The Labute approximate surface area is 190 Å². The summed E-state index contributed by atoms with van der Waals surface area (Å²) in [6.45, 7) is 0. The summed E-state index contributed by atoms with van der Waals surface area (Å²) in [5.41, 5.74) is 10.8. The molecular weight excluding hydrogens is 402 g/mol. The maximum atomic E-state index is 4.76. The van der Waals surface area contributed by atoms with Crippen molar-refractivity contribution in [3.63, 3.8) is 0 Å². The molecule has 5 aromatic carbocycles. The molecule has 6 aromatic rings. The normalized spacial score (nSPS) is 13.2. The summed E-state index contributed by atoms with van der Waals surface area (Å²) in [4.78, 5) is 4.76. The third kappa shape index (κ3) is 2.31. The van der Waals surface area contributed by atoms with Crippen LogP contribution in [0.5, 0.6) is 0 Å². The van der Waals surface area contributed by atoms with E-state index < -0.39 is 0 Å². The van der Waals surface area contributed by atoms with Gasteiger partial charge in [0.1, 0.15) is 0 Å². The Morgan fingerprint density at radius 2 is 1.45 bits per heavy atom. The number of pyridine rings is 1. The van der Waals surface area contributed by atoms with Gasteiger partial charge in [-0.15, -0.1) is 0 Å². The number of nitrogens with one attached hydrogen (secondary N) is 2. The van der Waals surface area contributed by atoms with Crippen LogP contribution in [-0.2, 0) is 6.42 Å². The van der Waals surface area contributed by atoms with Crippen molar-refractivity contribution in [1.82, 2.24) is 4.98 Å². The minimum Gasteiger partial charge on any atom is -0.352 e. The van der Waals surface area contributed by atoms with Crippen LogP contribution in [0.15, 0.2) is 91.1 Å². The number of nitrogens with zero attached hydrogens (tertiary/aromatic N) is 1. The van der Waals surface area contributed by atoms with Crippen molar-refractivity contribution < 1.29 is 0 Å². The Kier molecular flexibility index (Phi) is 3.19. The van der Waals surface area contributed by atoms with Crippen LogP contribution < -0.4 is 10.6 Å². The first-order valence-corrected chi connectivity index (χ1v) is 11.4. The highest BCUT2D eigenvalue weighted by Crippen LogP contribution is 2.50. The van der Waals surface area contributed by atoms with Crippen LogP contribution in [0.25, 0.3) is 43.6 Å². The predicted octanol–water partition coefficient (Wildman–Crippen LogP) is 7.91. The number of benzene rings is 5. The van der Waals surface area contributed by atoms with Crippen molar-refractivity contribution in [3.8, 4) is 11.1 Å². The molecule has 0 saturated carbocycles. The van der Waals surface area contributed by atoms with Crippen LogP contribution in [0.1, 0.15) is 11.1 Å². The highest BCUT2D eigenvalue weighted by molar-refractivity contribution is 6.13. The van der Waals surface area contributed by atoms with Gasteiger partial charge in [-0.25, -0.2) is 0 Å². The van der Waals surface area contributed by atoms with Crippen LogP contribution in [0.3, 0.4) is 0 Å². The van der Waals surface area contributed by atoms with E-state index in [2.05, 4.69) is 95.6 Å². The highest BCUT2D eigenvalue weighted by Gasteiger charge is 2.26. The zero-order valence-electron chi connectivity index (χ0n) is 17.8. The summed E-state index contributed by atoms with van der Waals surface area (Å²) in [5, 5.41) is 13.8. The minimum atomic E-state index is 0.900. The van der Waals surface area contributed by atoms with Gasteiger partial charge < -0.3 is 10.6 Å². The molecule has 0 unspecified atom stereocenters. The van der Waals surface area contributed by atoms with E-state index in [0.29, 0.717) is 0 Å². The number of aromatic nitrogens is 1. The van der Waals surface area contributed by atoms with E-state index in [1.165, 1.54) is 54.9 Å². The molecule has 0 spiro atoms. The zero-order chi connectivity index (χ0) is 21.5. The van der Waals surface area contributed by atoms with E-state index in [4.69, 9.17) is 4.98 Å². The summed E-state index contributed by atoms with van der Waals surface area (Å²) in [6.07, 6.45) is 2.83. The lowest BCUT2D eigenvalue weighted by Gasteiger charge is -2.30. The summed E-state index contributed by atoms with van der Waals surface area (Å²) >= 11 is 0. The molecule has 8 rings (SSSR count). The average Bonchev–Trinajstić information content (AvgIpc) is 2.87. The monoisotopic (exact) mass is 421 g/mol. The van der Waals surface area contributed by atoms with Crippen LogP contribution in [0.4, 0.5) is 22.7 Å². The Balaban J connectivity index is 1.38. The maximum absolute atomic E-state index is 4.76. The smallest absolute Gasteiger partial charge is 0.0733 e. The molecule has 1 aliphatic carbocycles. The molecule has 1 aliphatic heterocycles. The fourth-order valence-electron chi connectivity index (χ4n) is 5.69. The van der Waals surface area contributed by atoms with Crippen molar-refractivity contribution in [2.75, 3.05) is 10.6 Å². The molecule has 2 N–H and O–H groups in total. The lowest BCUT2D eigenvalue weighted by molar-refractivity contribution is 1.19. The number of hydrogen-bond acceptors (Lipinski definition) is 3. The van der Waals surface area contributed by atoms with Crippen LogP contribution in [0, 0.1) is 0 Å². The number of rotatable bonds is 0. The van der Waals surface area contributed by atoms with E-state index in [9.17, 15) is 0 Å². The van der Waals surface area contributed by atoms with Gasteiger partial charge in [0, 0.05) is 23.4 Å². The Morgan fingerprint density at radius 3 is 2.39 bits per heavy atom. The summed E-state index contributed by atoms with van der Waals surface area (Å²) in [6, 6.07) is 30.6. The third-order valence-corrected chi connectivity index (χ3v) is 7.21. The molecule has 0 atom stereocenters. The molecule has 2 aliphatic rings. The van der Waals surface area contributed by atoms with Gasteiger partial charge in [-0.2, -0.15) is 0 Å². The fourth-order valence-corrected chi connectivity index (χ4v) is 5.69. The molecule has 3 heteroatoms. The van der Waals surface area contributed by atoms with Gasteiger partial charge in [0.15, 0.2) is 0 Å². The molecule has 154 valence electrons. The Morgan fingerprint density at radius 1 is 0.636 bits per heavy atom. The van der Waals surface area contributed by atoms with Gasteiger partial charge in [0.2, 0.25) is 0 Å². The first-order chi connectivity index (χ1) is 16.3. The molecule has 0 bridgehead atoms. The quantitative estimate of drug-likeness (QED) is 0.244. The van der Waals surface area contributed by atoms with Crippen LogP contribution >= 0.6 is 0 Å². The number of hydrogen-bond donors (Lipinski definition) is 2. The van der Waals surface area contributed by atoms with Crippen molar-refractivity contribution in [3.05, 3.63) is 102 Å². The lowest BCUT2D eigenvalue weighted by Crippen LogP contribution is -2.12. The first-order valence-electron chi connectivity index (χ1n) is 11.4. The second-order valence-corrected chi connectivity index (χ2v) is 9.02. The molecule has 0 radical (unpaired) electrons. The van der Waals surface area contributed by atoms with Gasteiger partial charge in [0.05, 0.1) is 28.3 Å². The van der Waals surface area contributed by atoms with Crippen molar-refractivity contribution in [1.29, 1.82) is 0 Å². The predicted molar refractivity (Wildman–Crippen MR) is 138 cm³/mol. The maximum Gasteiger partial charge on any atom is 0.0733 e. The molecule has 33 heavy (non-hydrogen) atoms. The standard InChI is InChI=1S/C30H19N3/c1-2-6-18-14-23-20(13-17(18)5-1)9-10-25-29(23)33-27-16-26-28-22(11-12-31-26)21-8-4-3-7-19(21)15-24(28)30(27)32-25/h1-14,16,32-33H,15H2. The number of fused-ring (bicyclic) bond motifs is 8. The van der Waals surface area contributed by atoms with E-state index in [1.54, 1.807) is 0 Å². The van der Waals surface area contributed by atoms with E-state index in [1.807, 2.05) is 6.20 Å². The largest absolute Gasteiger partial charge is 0.352 e. The van der Waals surface area contributed by atoms with Gasteiger partial charge in [-0.1, -0.05) is 54.6 Å². The first kappa shape index (κ1) is 17.2. The van der Waals surface area contributed by atoms with Crippen LogP contribution in [-0.4, -0.2) is 4.98 Å². The summed E-state index contributed by atoms with van der Waals surface area (Å²) < 4.78 is 0. The average molecular weight is 422 g/mol. The van der Waals surface area contributed by atoms with E-state index >= 15 is 0 Å². The van der Waals surface area contributed by atoms with Crippen LogP contribution in [0.2, 0.25) is 0 Å². The summed E-state index contributed by atoms with van der Waals surface area (Å²) in [5.74, 6) is 0. The van der Waals surface area contributed by atoms with Crippen molar-refractivity contribution in [2.45, 2.75) is 6.42 Å². The molecule has 0 saturated heterocycles. The molecule has 3 nitrogen and oxygen atoms in total. The van der Waals surface area contributed by atoms with Gasteiger partial charge in [0.25, 0.3) is 0 Å². The van der Waals surface area contributed by atoms with Gasteiger partial charge in [-0.05, 0) is 68.7 Å². The second-order valence-electron chi connectivity index (χ2n) is 9.02. The van der Waals surface area contributed by atoms with E-state index in [-0.39, 0.29) is 0 Å². The lowest BCUT2D eigenvalue weighted by atomic mass is 9.83. The van der Waals surface area contributed by atoms with Crippen molar-refractivity contribution in [2.24, 2.45) is 0 Å². The molecule has 0 fully saturated rings. The third-order valence-electron chi connectivity index (χ3n) is 7.21. The SMILES string of the molecule is c1ccc2c(c1)Cc1c3c(cc4nccc-2c14)Nc1c(ccc2cc4ccccc4cc12)N3. The second kappa shape index (κ2) is 6.11. The summed E-state index contributed by atoms with van der Waals surface area (Å²) in [7, 11) is 0. The van der Waals surface area contributed by atoms with Crippen molar-refractivity contribution >= 4 is 55.2 Å². The fraction of sp³-hybridized carbons (Fsp3) is 0.0333. The zero-order valence-corrected chi connectivity index (χ0v) is 17.8. The molecule has 1 aromatic heterocycles. The topological polar surface area (TPSA) is 37.0 Å². The van der Waals surface area contributed by atoms with Gasteiger partial charge in [-0.3, -0.25) is 4.98 Å². The minimum absolute atomic E-state index is 0.900. The van der Waals surface area contributed by atoms with E-state index in [0.717, 1.165) is 29.0 Å². The Bertz CT molecular complexity index is 1800. The van der Waals surface area contributed by atoms with Gasteiger partial charge >= 0.3 is 0 Å². The number of anilines is 4. The Hall–Kier alpha value is -4.37. The molecular formula is C30H19N3. The molecule has 2 heterocycles.